The highest BCUT2D eigenvalue weighted by atomic mass is 35.5. The molecule has 4 aliphatic rings. The average Bonchev–Trinajstić information content (AvgIpc) is 3.30. The van der Waals surface area contributed by atoms with Crippen molar-refractivity contribution in [3.05, 3.63) is 27.4 Å². The lowest BCUT2D eigenvalue weighted by molar-refractivity contribution is -0.142. The molecule has 0 aromatic carbocycles. The van der Waals surface area contributed by atoms with Gasteiger partial charge in [0.2, 0.25) is 0 Å². The standard InChI is InChI=1S/C27H40ClN3O5S/c1-14-10-19(25-24(29-14)21(13-37-25)27(33)34)18-11-16(28)4-7-23(18)36-9-8-31-15(2)30-22-6-5-17(35-3)12-20(22)26(31)32/h14,16-19,21,23-25,29H,4-13H2,1-3H3,(H,33,34). The molecular weight excluding hydrogens is 514 g/mol. The second-order valence-electron chi connectivity index (χ2n) is 11.4. The zero-order valence-electron chi connectivity index (χ0n) is 22.0. The van der Waals surface area contributed by atoms with Crippen molar-refractivity contribution in [3.63, 3.8) is 0 Å². The molecule has 0 spiro atoms. The van der Waals surface area contributed by atoms with Gasteiger partial charge in [0.1, 0.15) is 5.82 Å². The number of aryl methyl sites for hydroxylation is 2. The van der Waals surface area contributed by atoms with Gasteiger partial charge >= 0.3 is 5.97 Å². The van der Waals surface area contributed by atoms with Crippen LogP contribution in [0.5, 0.6) is 0 Å². The largest absolute Gasteiger partial charge is 0.481 e. The zero-order chi connectivity index (χ0) is 26.3. The Labute approximate surface area is 228 Å². The van der Waals surface area contributed by atoms with Crippen molar-refractivity contribution in [2.45, 2.75) is 100 Å². The Balaban J connectivity index is 1.29. The number of hydrogen-bond donors (Lipinski definition) is 2. The number of carboxylic acid groups (broad SMARTS) is 1. The number of rotatable bonds is 7. The van der Waals surface area contributed by atoms with Gasteiger partial charge in [0, 0.05) is 47.6 Å². The first-order valence-corrected chi connectivity index (χ1v) is 15.2. The van der Waals surface area contributed by atoms with Crippen LogP contribution >= 0.6 is 23.4 Å². The molecule has 2 N–H and O–H groups in total. The third-order valence-corrected chi connectivity index (χ3v) is 11.0. The lowest BCUT2D eigenvalue weighted by atomic mass is 9.70. The predicted octanol–water partition coefficient (Wildman–Crippen LogP) is 3.03. The Hall–Kier alpha value is -1.13. The Morgan fingerprint density at radius 3 is 2.84 bits per heavy atom. The van der Waals surface area contributed by atoms with Gasteiger partial charge in [-0.05, 0) is 64.2 Å². The van der Waals surface area contributed by atoms with Crippen molar-refractivity contribution in [1.29, 1.82) is 0 Å². The molecule has 9 atom stereocenters. The smallest absolute Gasteiger partial charge is 0.308 e. The molecule has 9 unspecified atom stereocenters. The maximum absolute atomic E-state index is 13.3. The van der Waals surface area contributed by atoms with E-state index in [4.69, 9.17) is 26.1 Å². The molecule has 0 radical (unpaired) electrons. The second-order valence-corrected chi connectivity index (χ2v) is 13.2. The maximum atomic E-state index is 13.3. The monoisotopic (exact) mass is 553 g/mol. The number of methoxy groups -OCH3 is 1. The lowest BCUT2D eigenvalue weighted by Crippen LogP contribution is -2.57. The van der Waals surface area contributed by atoms with Gasteiger partial charge in [-0.15, -0.1) is 11.6 Å². The fourth-order valence-electron chi connectivity index (χ4n) is 7.17. The fourth-order valence-corrected chi connectivity index (χ4v) is 9.32. The number of ether oxygens (including phenoxy) is 2. The fraction of sp³-hybridized carbons (Fsp3) is 0.815. The molecule has 1 saturated carbocycles. The topological polar surface area (TPSA) is 103 Å². The van der Waals surface area contributed by atoms with E-state index in [-0.39, 0.29) is 52.3 Å². The van der Waals surface area contributed by atoms with Crippen molar-refractivity contribution < 1.29 is 19.4 Å². The molecule has 2 aliphatic heterocycles. The number of carbonyl (C=O) groups is 1. The summed E-state index contributed by atoms with van der Waals surface area (Å²) in [4.78, 5) is 29.9. The minimum atomic E-state index is -0.705. The van der Waals surface area contributed by atoms with Gasteiger partial charge in [0.25, 0.3) is 5.56 Å². The molecule has 1 aromatic rings. The minimum absolute atomic E-state index is 0.00803. The Morgan fingerprint density at radius 1 is 1.27 bits per heavy atom. The molecule has 8 nitrogen and oxygen atoms in total. The highest BCUT2D eigenvalue weighted by molar-refractivity contribution is 8.00. The summed E-state index contributed by atoms with van der Waals surface area (Å²) in [7, 11) is 1.70. The molecule has 5 rings (SSSR count). The number of alkyl halides is 1. The summed E-state index contributed by atoms with van der Waals surface area (Å²) in [5.41, 5.74) is 1.73. The van der Waals surface area contributed by atoms with Crippen molar-refractivity contribution in [1.82, 2.24) is 14.9 Å². The van der Waals surface area contributed by atoms with E-state index in [0.29, 0.717) is 31.2 Å². The zero-order valence-corrected chi connectivity index (χ0v) is 23.6. The summed E-state index contributed by atoms with van der Waals surface area (Å²) in [6, 6.07) is 0.258. The number of thioether (sulfide) groups is 1. The number of aliphatic carboxylic acids is 1. The molecule has 10 heteroatoms. The van der Waals surface area contributed by atoms with Crippen LogP contribution in [0.2, 0.25) is 0 Å². The molecule has 2 saturated heterocycles. The number of nitrogens with zero attached hydrogens (tertiary/aromatic N) is 2. The molecule has 0 bridgehead atoms. The van der Waals surface area contributed by atoms with Gasteiger partial charge in [-0.1, -0.05) is 0 Å². The number of hydrogen-bond acceptors (Lipinski definition) is 7. The van der Waals surface area contributed by atoms with E-state index in [9.17, 15) is 14.7 Å². The highest BCUT2D eigenvalue weighted by Gasteiger charge is 2.51. The van der Waals surface area contributed by atoms with Gasteiger partial charge in [-0.25, -0.2) is 4.98 Å². The summed E-state index contributed by atoms with van der Waals surface area (Å²) in [6.07, 6.45) is 6.14. The molecule has 3 heterocycles. The summed E-state index contributed by atoms with van der Waals surface area (Å²) in [5.74, 6) is 0.989. The maximum Gasteiger partial charge on any atom is 0.308 e. The number of halogens is 1. The summed E-state index contributed by atoms with van der Waals surface area (Å²) < 4.78 is 13.8. The van der Waals surface area contributed by atoms with E-state index in [0.717, 1.165) is 55.6 Å². The molecule has 3 fully saturated rings. The van der Waals surface area contributed by atoms with E-state index in [1.807, 2.05) is 6.92 Å². The van der Waals surface area contributed by atoms with Gasteiger partial charge in [0.05, 0.1) is 37.0 Å². The van der Waals surface area contributed by atoms with Crippen LogP contribution in [-0.2, 0) is 33.7 Å². The van der Waals surface area contributed by atoms with Crippen LogP contribution in [0.4, 0.5) is 0 Å². The molecule has 37 heavy (non-hydrogen) atoms. The van der Waals surface area contributed by atoms with E-state index in [1.165, 1.54) is 0 Å². The Morgan fingerprint density at radius 2 is 2.08 bits per heavy atom. The molecule has 206 valence electrons. The van der Waals surface area contributed by atoms with E-state index in [1.54, 1.807) is 23.4 Å². The quantitative estimate of drug-likeness (QED) is 0.497. The van der Waals surface area contributed by atoms with E-state index in [2.05, 4.69) is 12.2 Å². The van der Waals surface area contributed by atoms with Crippen LogP contribution in [0.3, 0.4) is 0 Å². The van der Waals surface area contributed by atoms with Crippen molar-refractivity contribution >= 4 is 29.3 Å². The highest BCUT2D eigenvalue weighted by Crippen LogP contribution is 2.48. The number of fused-ring (bicyclic) bond motifs is 2. The number of nitrogens with one attached hydrogen (secondary N) is 1. The minimum Gasteiger partial charge on any atom is -0.481 e. The third-order valence-electron chi connectivity index (χ3n) is 9.07. The summed E-state index contributed by atoms with van der Waals surface area (Å²) in [5, 5.41) is 13.7. The third kappa shape index (κ3) is 5.62. The van der Waals surface area contributed by atoms with Crippen LogP contribution in [0.25, 0.3) is 0 Å². The van der Waals surface area contributed by atoms with Crippen molar-refractivity contribution in [2.75, 3.05) is 19.5 Å². The first-order chi connectivity index (χ1) is 17.8. The van der Waals surface area contributed by atoms with Crippen LogP contribution in [0, 0.1) is 24.7 Å². The molecule has 0 amide bonds. The van der Waals surface area contributed by atoms with Crippen LogP contribution in [0.1, 0.15) is 56.1 Å². The Bertz CT molecular complexity index is 1050. The average molecular weight is 554 g/mol. The molecule has 1 aromatic heterocycles. The van der Waals surface area contributed by atoms with Gasteiger partial charge in [-0.2, -0.15) is 11.8 Å². The second kappa shape index (κ2) is 11.5. The van der Waals surface area contributed by atoms with Crippen LogP contribution < -0.4 is 10.9 Å². The van der Waals surface area contributed by atoms with Crippen molar-refractivity contribution in [2.24, 2.45) is 17.8 Å². The summed E-state index contributed by atoms with van der Waals surface area (Å²) >= 11 is 8.48. The van der Waals surface area contributed by atoms with Gasteiger partial charge in [-0.3, -0.25) is 14.2 Å². The Kier molecular flexibility index (Phi) is 8.56. The normalized spacial score (nSPS) is 37.7. The van der Waals surface area contributed by atoms with Crippen LogP contribution in [0.15, 0.2) is 4.79 Å². The molecular formula is C27H40ClN3O5S. The van der Waals surface area contributed by atoms with Crippen LogP contribution in [-0.4, -0.2) is 75.0 Å². The molecule has 2 aliphatic carbocycles. The van der Waals surface area contributed by atoms with Gasteiger partial charge < -0.3 is 19.9 Å². The summed E-state index contributed by atoms with van der Waals surface area (Å²) in [6.45, 7) is 4.98. The number of piperidine rings is 1. The lowest BCUT2D eigenvalue weighted by Gasteiger charge is -2.47. The first kappa shape index (κ1) is 27.4. The SMILES string of the molecule is COC1CCc2nc(C)n(CCOC3CCC(Cl)CC3C3CC(C)NC4C(C(=O)O)CSC34)c(=O)c2C1. The van der Waals surface area contributed by atoms with E-state index < -0.39 is 5.97 Å². The number of carboxylic acids is 1. The van der Waals surface area contributed by atoms with E-state index >= 15 is 0 Å². The number of aromatic nitrogens is 2. The first-order valence-electron chi connectivity index (χ1n) is 13.7. The predicted molar refractivity (Wildman–Crippen MR) is 145 cm³/mol. The van der Waals surface area contributed by atoms with Gasteiger partial charge in [0.15, 0.2) is 0 Å². The van der Waals surface area contributed by atoms with Crippen molar-refractivity contribution in [3.8, 4) is 0 Å².